The monoisotopic (exact) mass is 440 g/mol. The quantitative estimate of drug-likeness (QED) is 0.617. The predicted octanol–water partition coefficient (Wildman–Crippen LogP) is 5.04. The first-order valence-corrected chi connectivity index (χ1v) is 11.5. The van der Waals surface area contributed by atoms with E-state index in [1.807, 2.05) is 18.2 Å². The molecule has 0 aromatic heterocycles. The molecular weight excluding hydrogens is 420 g/mol. The summed E-state index contributed by atoms with van der Waals surface area (Å²) in [5, 5.41) is 0.465. The number of amides is 1. The molecule has 0 unspecified atom stereocenters. The first-order chi connectivity index (χ1) is 14.3. The molecule has 7 heteroatoms. The lowest BCUT2D eigenvalue weighted by molar-refractivity contribution is 0.0985. The van der Waals surface area contributed by atoms with E-state index in [-0.39, 0.29) is 10.8 Å². The van der Waals surface area contributed by atoms with Gasteiger partial charge >= 0.3 is 0 Å². The first-order valence-electron chi connectivity index (χ1n) is 9.64. The number of nitrogens with one attached hydrogen (secondary N) is 1. The molecule has 3 aromatic rings. The Morgan fingerprint density at radius 1 is 1.03 bits per heavy atom. The summed E-state index contributed by atoms with van der Waals surface area (Å²) in [4.78, 5) is 15.1. The lowest BCUT2D eigenvalue weighted by atomic mass is 10.0. The molecule has 0 aliphatic carbocycles. The van der Waals surface area contributed by atoms with E-state index in [0.29, 0.717) is 28.4 Å². The van der Waals surface area contributed by atoms with Crippen LogP contribution in [0.25, 0.3) is 0 Å². The average molecular weight is 441 g/mol. The zero-order valence-corrected chi connectivity index (χ0v) is 18.0. The smallest absolute Gasteiger partial charge is 0.261 e. The third kappa shape index (κ3) is 4.06. The number of rotatable bonds is 4. The van der Waals surface area contributed by atoms with E-state index < -0.39 is 10.0 Å². The third-order valence-electron chi connectivity index (χ3n) is 5.20. The van der Waals surface area contributed by atoms with Gasteiger partial charge in [-0.25, -0.2) is 8.42 Å². The molecule has 0 spiro atoms. The Kier molecular flexibility index (Phi) is 5.54. The minimum atomic E-state index is -3.75. The van der Waals surface area contributed by atoms with Crippen LogP contribution in [0, 0.1) is 6.92 Å². The molecule has 1 aliphatic rings. The highest BCUT2D eigenvalue weighted by atomic mass is 35.5. The molecule has 1 aliphatic heterocycles. The van der Waals surface area contributed by atoms with Crippen LogP contribution >= 0.6 is 11.6 Å². The minimum Gasteiger partial charge on any atom is -0.308 e. The molecule has 0 bridgehead atoms. The van der Waals surface area contributed by atoms with Crippen molar-refractivity contribution in [1.29, 1.82) is 0 Å². The second kappa shape index (κ2) is 8.13. The van der Waals surface area contributed by atoms with Crippen molar-refractivity contribution >= 4 is 38.9 Å². The summed E-state index contributed by atoms with van der Waals surface area (Å²) in [5.74, 6) is -0.0858. The fourth-order valence-electron chi connectivity index (χ4n) is 3.63. The molecule has 30 heavy (non-hydrogen) atoms. The summed E-state index contributed by atoms with van der Waals surface area (Å²) in [6.45, 7) is 2.44. The number of fused-ring (bicyclic) bond motifs is 1. The second-order valence-corrected chi connectivity index (χ2v) is 9.40. The van der Waals surface area contributed by atoms with Crippen molar-refractivity contribution in [2.24, 2.45) is 0 Å². The van der Waals surface area contributed by atoms with Gasteiger partial charge in [0.1, 0.15) is 0 Å². The molecule has 1 amide bonds. The van der Waals surface area contributed by atoms with Crippen molar-refractivity contribution in [2.45, 2.75) is 24.7 Å². The maximum Gasteiger partial charge on any atom is 0.261 e. The largest absolute Gasteiger partial charge is 0.308 e. The van der Waals surface area contributed by atoms with E-state index in [0.717, 1.165) is 18.5 Å². The maximum atomic E-state index is 13.1. The third-order valence-corrected chi connectivity index (χ3v) is 6.83. The molecule has 0 saturated carbocycles. The number of sulfonamides is 1. The Hall–Kier alpha value is -2.83. The van der Waals surface area contributed by atoms with E-state index in [2.05, 4.69) is 10.8 Å². The molecule has 1 heterocycles. The Balaban J connectivity index is 1.58. The number of hydrogen-bond acceptors (Lipinski definition) is 3. The van der Waals surface area contributed by atoms with Gasteiger partial charge in [-0.1, -0.05) is 29.8 Å². The van der Waals surface area contributed by atoms with Crippen LogP contribution < -0.4 is 9.62 Å². The number of para-hydroxylation sites is 1. The Morgan fingerprint density at radius 3 is 2.50 bits per heavy atom. The molecule has 5 nitrogen and oxygen atoms in total. The molecule has 154 valence electrons. The normalized spacial score (nSPS) is 13.6. The maximum absolute atomic E-state index is 13.1. The van der Waals surface area contributed by atoms with Crippen LogP contribution in [0.4, 0.5) is 11.4 Å². The molecule has 0 radical (unpaired) electrons. The fraction of sp³-hybridized carbons (Fsp3) is 0.174. The van der Waals surface area contributed by atoms with Crippen LogP contribution in [-0.4, -0.2) is 20.9 Å². The van der Waals surface area contributed by atoms with Crippen LogP contribution in [-0.2, 0) is 16.4 Å². The van der Waals surface area contributed by atoms with E-state index >= 15 is 0 Å². The highest BCUT2D eigenvalue weighted by Gasteiger charge is 2.24. The highest BCUT2D eigenvalue weighted by molar-refractivity contribution is 7.92. The van der Waals surface area contributed by atoms with Gasteiger partial charge in [-0.3, -0.25) is 9.52 Å². The number of anilines is 2. The number of hydrogen-bond donors (Lipinski definition) is 1. The van der Waals surface area contributed by atoms with Gasteiger partial charge in [0, 0.05) is 22.8 Å². The van der Waals surface area contributed by atoms with Gasteiger partial charge in [0.25, 0.3) is 15.9 Å². The van der Waals surface area contributed by atoms with Gasteiger partial charge < -0.3 is 4.90 Å². The van der Waals surface area contributed by atoms with Crippen LogP contribution in [0.15, 0.2) is 71.6 Å². The minimum absolute atomic E-state index is 0.0858. The molecule has 4 rings (SSSR count). The van der Waals surface area contributed by atoms with Crippen LogP contribution in [0.1, 0.15) is 27.9 Å². The number of benzene rings is 3. The van der Waals surface area contributed by atoms with Gasteiger partial charge in [-0.2, -0.15) is 0 Å². The fourth-order valence-corrected chi connectivity index (χ4v) is 4.89. The Labute approximate surface area is 181 Å². The Bertz CT molecular complexity index is 1210. The van der Waals surface area contributed by atoms with E-state index in [9.17, 15) is 13.2 Å². The lowest BCUT2D eigenvalue weighted by Gasteiger charge is -2.29. The van der Waals surface area contributed by atoms with Gasteiger partial charge in [-0.05, 0) is 79.4 Å². The van der Waals surface area contributed by atoms with Crippen LogP contribution in [0.5, 0.6) is 0 Å². The number of carbonyl (C=O) groups excluding carboxylic acids is 1. The van der Waals surface area contributed by atoms with E-state index in [1.54, 1.807) is 30.0 Å². The van der Waals surface area contributed by atoms with Crippen LogP contribution in [0.3, 0.4) is 0 Å². The standard InChI is InChI=1S/C23H21ClN2O3S/c1-16-15-18(23(27)26-14-4-6-17-5-2-3-7-22(17)26)8-13-21(16)25-30(28,29)20-11-9-19(24)10-12-20/h2-3,5,7-13,15,25H,4,6,14H2,1H3. The second-order valence-electron chi connectivity index (χ2n) is 7.28. The highest BCUT2D eigenvalue weighted by Crippen LogP contribution is 2.29. The molecule has 3 aromatic carbocycles. The van der Waals surface area contributed by atoms with Gasteiger partial charge in [0.05, 0.1) is 10.6 Å². The molecule has 0 atom stereocenters. The topological polar surface area (TPSA) is 66.5 Å². The van der Waals surface area contributed by atoms with E-state index in [1.165, 1.54) is 29.8 Å². The molecule has 0 saturated heterocycles. The first kappa shape index (κ1) is 20.4. The summed E-state index contributed by atoms with van der Waals surface area (Å²) >= 11 is 5.84. The lowest BCUT2D eigenvalue weighted by Crippen LogP contribution is -2.35. The zero-order valence-electron chi connectivity index (χ0n) is 16.4. The Morgan fingerprint density at radius 2 is 1.77 bits per heavy atom. The average Bonchev–Trinajstić information content (AvgIpc) is 2.74. The zero-order chi connectivity index (χ0) is 21.3. The summed E-state index contributed by atoms with van der Waals surface area (Å²) in [5.41, 5.74) is 3.74. The van der Waals surface area contributed by atoms with Gasteiger partial charge in [0.15, 0.2) is 0 Å². The van der Waals surface area contributed by atoms with Crippen molar-refractivity contribution in [3.63, 3.8) is 0 Å². The van der Waals surface area contributed by atoms with Crippen molar-refractivity contribution in [1.82, 2.24) is 0 Å². The van der Waals surface area contributed by atoms with Crippen molar-refractivity contribution in [3.8, 4) is 0 Å². The van der Waals surface area contributed by atoms with Crippen LogP contribution in [0.2, 0.25) is 5.02 Å². The molecule has 0 fully saturated rings. The summed E-state index contributed by atoms with van der Waals surface area (Å²) in [6, 6.07) is 18.9. The summed E-state index contributed by atoms with van der Waals surface area (Å²) in [6.07, 6.45) is 1.88. The van der Waals surface area contributed by atoms with Gasteiger partial charge in [-0.15, -0.1) is 0 Å². The number of halogens is 1. The van der Waals surface area contributed by atoms with E-state index in [4.69, 9.17) is 11.6 Å². The summed E-state index contributed by atoms with van der Waals surface area (Å²) in [7, 11) is -3.75. The molecular formula is C23H21ClN2O3S. The van der Waals surface area contributed by atoms with Crippen molar-refractivity contribution in [3.05, 3.63) is 88.4 Å². The summed E-state index contributed by atoms with van der Waals surface area (Å²) < 4.78 is 27.9. The predicted molar refractivity (Wildman–Crippen MR) is 120 cm³/mol. The van der Waals surface area contributed by atoms with Crippen molar-refractivity contribution < 1.29 is 13.2 Å². The number of carbonyl (C=O) groups is 1. The number of aryl methyl sites for hydroxylation is 2. The van der Waals surface area contributed by atoms with Crippen molar-refractivity contribution in [2.75, 3.05) is 16.2 Å². The van der Waals surface area contributed by atoms with Gasteiger partial charge in [0.2, 0.25) is 0 Å². The SMILES string of the molecule is Cc1cc(C(=O)N2CCCc3ccccc32)ccc1NS(=O)(=O)c1ccc(Cl)cc1. The number of nitrogens with zero attached hydrogens (tertiary/aromatic N) is 1. The molecule has 1 N–H and O–H groups in total.